The molecule has 1 heterocycles. The molecule has 0 aliphatic heterocycles. The van der Waals surface area contributed by atoms with E-state index in [1.165, 1.54) is 0 Å². The van der Waals surface area contributed by atoms with Crippen molar-refractivity contribution < 1.29 is 13.2 Å². The Morgan fingerprint density at radius 1 is 1.50 bits per heavy atom. The lowest BCUT2D eigenvalue weighted by molar-refractivity contribution is -0.125. The van der Waals surface area contributed by atoms with Gasteiger partial charge in [0, 0.05) is 32.0 Å². The van der Waals surface area contributed by atoms with E-state index in [0.29, 0.717) is 13.1 Å². The number of hydrogen-bond donors (Lipinski definition) is 1. The summed E-state index contributed by atoms with van der Waals surface area (Å²) in [6, 6.07) is 0.00375. The zero-order chi connectivity index (χ0) is 13.8. The second-order valence-electron chi connectivity index (χ2n) is 4.46. The maximum atomic E-state index is 12.0. The number of nitrogens with zero attached hydrogens (tertiary/aromatic N) is 3. The van der Waals surface area contributed by atoms with Gasteiger partial charge in [0.1, 0.15) is 5.82 Å². The number of aryl methyl sites for hydroxylation is 1. The van der Waals surface area contributed by atoms with Crippen molar-refractivity contribution in [3.05, 3.63) is 18.2 Å². The van der Waals surface area contributed by atoms with E-state index in [2.05, 4.69) is 10.3 Å². The lowest BCUT2D eigenvalue weighted by Crippen LogP contribution is -2.41. The highest BCUT2D eigenvalue weighted by Crippen LogP contribution is 2.12. The quantitative estimate of drug-likeness (QED) is 0.843. The topological polar surface area (TPSA) is 33.1 Å². The van der Waals surface area contributed by atoms with Crippen LogP contribution in [0.25, 0.3) is 0 Å². The number of hydrogen-bond acceptors (Lipinski definition) is 3. The van der Waals surface area contributed by atoms with Crippen LogP contribution in [0.3, 0.4) is 0 Å². The van der Waals surface area contributed by atoms with E-state index >= 15 is 0 Å². The number of alkyl halides is 3. The Balaban J connectivity index is 2.33. The third-order valence-electron chi connectivity index (χ3n) is 2.83. The molecule has 1 rings (SSSR count). The highest BCUT2D eigenvalue weighted by atomic mass is 19.4. The van der Waals surface area contributed by atoms with Crippen LogP contribution in [-0.4, -0.2) is 46.8 Å². The third-order valence-corrected chi connectivity index (χ3v) is 2.83. The summed E-state index contributed by atoms with van der Waals surface area (Å²) in [6.07, 6.45) is -0.608. The standard InChI is InChI=1S/C11H19F3N4/c1-9(6-15-8-11(12,13)14)18(3)7-10-16-4-5-17(10)2/h4-5,9,15H,6-8H2,1-3H3. The third kappa shape index (κ3) is 5.05. The van der Waals surface area contributed by atoms with Crippen LogP contribution in [-0.2, 0) is 13.6 Å². The van der Waals surface area contributed by atoms with Gasteiger partial charge >= 0.3 is 6.18 Å². The second-order valence-corrected chi connectivity index (χ2v) is 4.46. The average molecular weight is 264 g/mol. The van der Waals surface area contributed by atoms with Crippen molar-refractivity contribution in [1.82, 2.24) is 19.8 Å². The molecule has 0 aromatic carbocycles. The van der Waals surface area contributed by atoms with Gasteiger partial charge in [0.15, 0.2) is 0 Å². The highest BCUT2D eigenvalue weighted by Gasteiger charge is 2.26. The number of aromatic nitrogens is 2. The fourth-order valence-electron chi connectivity index (χ4n) is 1.51. The van der Waals surface area contributed by atoms with Crippen LogP contribution >= 0.6 is 0 Å². The summed E-state index contributed by atoms with van der Waals surface area (Å²) in [6.45, 7) is 1.83. The van der Waals surface area contributed by atoms with Crippen LogP contribution in [0.4, 0.5) is 13.2 Å². The van der Waals surface area contributed by atoms with Crippen molar-refractivity contribution in [1.29, 1.82) is 0 Å². The SMILES string of the molecule is CC(CNCC(F)(F)F)N(C)Cc1nccn1C. The van der Waals surface area contributed by atoms with Crippen LogP contribution in [0, 0.1) is 0 Å². The predicted octanol–water partition coefficient (Wildman–Crippen LogP) is 1.39. The van der Waals surface area contributed by atoms with Crippen molar-refractivity contribution >= 4 is 0 Å². The molecule has 0 aliphatic carbocycles. The van der Waals surface area contributed by atoms with Crippen LogP contribution in [0.2, 0.25) is 0 Å². The lowest BCUT2D eigenvalue weighted by atomic mass is 10.3. The summed E-state index contributed by atoms with van der Waals surface area (Å²) in [5.41, 5.74) is 0. The number of halogens is 3. The van der Waals surface area contributed by atoms with Gasteiger partial charge in [0.05, 0.1) is 13.1 Å². The molecule has 0 saturated heterocycles. The molecule has 1 aromatic rings. The minimum Gasteiger partial charge on any atom is -0.337 e. The molecule has 7 heteroatoms. The summed E-state index contributed by atoms with van der Waals surface area (Å²) >= 11 is 0. The monoisotopic (exact) mass is 264 g/mol. The van der Waals surface area contributed by atoms with Gasteiger partial charge in [0.25, 0.3) is 0 Å². The number of imidazole rings is 1. The molecule has 0 aliphatic rings. The molecule has 0 bridgehead atoms. The Bertz CT molecular complexity index is 361. The number of rotatable bonds is 6. The maximum absolute atomic E-state index is 12.0. The van der Waals surface area contributed by atoms with Crippen molar-refractivity contribution in [3.63, 3.8) is 0 Å². The first-order chi connectivity index (χ1) is 8.29. The van der Waals surface area contributed by atoms with Gasteiger partial charge in [-0.05, 0) is 14.0 Å². The number of likely N-dealkylation sites (N-methyl/N-ethyl adjacent to an activating group) is 1. The van der Waals surface area contributed by atoms with Gasteiger partial charge in [-0.15, -0.1) is 0 Å². The van der Waals surface area contributed by atoms with E-state index in [4.69, 9.17) is 0 Å². The average Bonchev–Trinajstić information content (AvgIpc) is 2.62. The molecule has 104 valence electrons. The summed E-state index contributed by atoms with van der Waals surface area (Å²) in [5.74, 6) is 0.889. The smallest absolute Gasteiger partial charge is 0.337 e. The first-order valence-electron chi connectivity index (χ1n) is 5.73. The lowest BCUT2D eigenvalue weighted by Gasteiger charge is -2.24. The number of nitrogens with one attached hydrogen (secondary N) is 1. The molecule has 0 saturated carbocycles. The van der Waals surface area contributed by atoms with E-state index in [-0.39, 0.29) is 6.04 Å². The molecule has 0 amide bonds. The minimum absolute atomic E-state index is 0.00375. The maximum Gasteiger partial charge on any atom is 0.401 e. The van der Waals surface area contributed by atoms with E-state index in [1.807, 2.05) is 36.7 Å². The largest absolute Gasteiger partial charge is 0.401 e. The van der Waals surface area contributed by atoms with E-state index in [0.717, 1.165) is 5.82 Å². The van der Waals surface area contributed by atoms with Crippen LogP contribution < -0.4 is 5.32 Å². The van der Waals surface area contributed by atoms with E-state index < -0.39 is 12.7 Å². The molecule has 0 spiro atoms. The normalized spacial score (nSPS) is 14.2. The van der Waals surface area contributed by atoms with Crippen molar-refractivity contribution in [2.75, 3.05) is 20.1 Å². The Labute approximate surface area is 105 Å². The molecule has 1 aromatic heterocycles. The molecule has 1 unspecified atom stereocenters. The van der Waals surface area contributed by atoms with E-state index in [9.17, 15) is 13.2 Å². The van der Waals surface area contributed by atoms with Crippen molar-refractivity contribution in [3.8, 4) is 0 Å². The fourth-order valence-corrected chi connectivity index (χ4v) is 1.51. The summed E-state index contributed by atoms with van der Waals surface area (Å²) in [4.78, 5) is 6.14. The van der Waals surface area contributed by atoms with E-state index in [1.54, 1.807) is 6.20 Å². The second kappa shape index (κ2) is 6.19. The first-order valence-corrected chi connectivity index (χ1v) is 5.73. The van der Waals surface area contributed by atoms with Crippen LogP contribution in [0.1, 0.15) is 12.7 Å². The van der Waals surface area contributed by atoms with Gasteiger partial charge in [-0.3, -0.25) is 4.90 Å². The molecule has 0 fully saturated rings. The fraction of sp³-hybridized carbons (Fsp3) is 0.727. The molecular formula is C11H19F3N4. The molecular weight excluding hydrogens is 245 g/mol. The van der Waals surface area contributed by atoms with Gasteiger partial charge in [-0.2, -0.15) is 13.2 Å². The zero-order valence-corrected chi connectivity index (χ0v) is 10.8. The van der Waals surface area contributed by atoms with Crippen LogP contribution in [0.5, 0.6) is 0 Å². The van der Waals surface area contributed by atoms with Crippen LogP contribution in [0.15, 0.2) is 12.4 Å². The first kappa shape index (κ1) is 15.0. The van der Waals surface area contributed by atoms with Gasteiger partial charge in [-0.25, -0.2) is 4.98 Å². The van der Waals surface area contributed by atoms with Gasteiger partial charge in [-0.1, -0.05) is 0 Å². The molecule has 18 heavy (non-hydrogen) atoms. The zero-order valence-electron chi connectivity index (χ0n) is 10.8. The Morgan fingerprint density at radius 3 is 2.67 bits per heavy atom. The highest BCUT2D eigenvalue weighted by molar-refractivity contribution is 4.91. The molecule has 1 N–H and O–H groups in total. The van der Waals surface area contributed by atoms with Crippen molar-refractivity contribution in [2.45, 2.75) is 25.7 Å². The summed E-state index contributed by atoms with van der Waals surface area (Å²) in [7, 11) is 3.76. The minimum atomic E-state index is -4.15. The Morgan fingerprint density at radius 2 is 2.17 bits per heavy atom. The Kier molecular flexibility index (Phi) is 5.15. The van der Waals surface area contributed by atoms with Crippen molar-refractivity contribution in [2.24, 2.45) is 7.05 Å². The Hall–Kier alpha value is -1.08. The summed E-state index contributed by atoms with van der Waals surface area (Å²) < 4.78 is 37.8. The predicted molar refractivity (Wildman–Crippen MR) is 63.1 cm³/mol. The molecule has 0 radical (unpaired) electrons. The molecule has 4 nitrogen and oxygen atoms in total. The van der Waals surface area contributed by atoms with Gasteiger partial charge in [0.2, 0.25) is 0 Å². The molecule has 1 atom stereocenters. The summed E-state index contributed by atoms with van der Waals surface area (Å²) in [5, 5.41) is 2.41. The van der Waals surface area contributed by atoms with Gasteiger partial charge < -0.3 is 9.88 Å².